The molecule has 12 heteroatoms. The Bertz CT molecular complexity index is 1100. The van der Waals surface area contributed by atoms with Crippen molar-refractivity contribution in [3.63, 3.8) is 0 Å². The van der Waals surface area contributed by atoms with Crippen molar-refractivity contribution in [1.29, 1.82) is 0 Å². The molecule has 0 N–H and O–H groups in total. The maximum atomic E-state index is 12.8. The molecule has 0 amide bonds. The first kappa shape index (κ1) is 20.4. The van der Waals surface area contributed by atoms with Crippen LogP contribution in [0.5, 0.6) is 0 Å². The highest BCUT2D eigenvalue weighted by Crippen LogP contribution is 2.33. The van der Waals surface area contributed by atoms with Crippen molar-refractivity contribution in [2.45, 2.75) is 12.8 Å². The van der Waals surface area contributed by atoms with E-state index in [1.54, 1.807) is 16.9 Å². The van der Waals surface area contributed by atoms with Gasteiger partial charge in [0.05, 0.1) is 33.9 Å². The fraction of sp³-hybridized carbons (Fsp3) is 0.333. The van der Waals surface area contributed by atoms with Crippen molar-refractivity contribution in [2.24, 2.45) is 0 Å². The first-order valence-corrected chi connectivity index (χ1v) is 9.40. The number of halogens is 4. The summed E-state index contributed by atoms with van der Waals surface area (Å²) in [6.07, 6.45) is -2.10. The number of non-ortho nitro benzene ring substituents is 1. The van der Waals surface area contributed by atoms with Gasteiger partial charge in [0.2, 0.25) is 0 Å². The van der Waals surface area contributed by atoms with E-state index >= 15 is 0 Å². The second-order valence-corrected chi connectivity index (χ2v) is 7.33. The molecule has 4 rings (SSSR count). The molecule has 0 bridgehead atoms. The highest BCUT2D eigenvalue weighted by molar-refractivity contribution is 6.33. The van der Waals surface area contributed by atoms with Crippen LogP contribution in [0, 0.1) is 10.1 Å². The molecule has 8 nitrogen and oxygen atoms in total. The average Bonchev–Trinajstić information content (AvgIpc) is 3.10. The Hall–Kier alpha value is -2.92. The van der Waals surface area contributed by atoms with Gasteiger partial charge in [-0.1, -0.05) is 11.6 Å². The summed E-state index contributed by atoms with van der Waals surface area (Å²) in [6, 6.07) is 5.49. The predicted octanol–water partition coefficient (Wildman–Crippen LogP) is 3.79. The van der Waals surface area contributed by atoms with E-state index in [1.165, 1.54) is 12.1 Å². The Labute approximate surface area is 173 Å². The molecule has 1 aliphatic heterocycles. The number of anilines is 1. The minimum absolute atomic E-state index is 0.0107. The molecule has 1 aromatic carbocycles. The lowest BCUT2D eigenvalue weighted by atomic mass is 10.2. The first-order chi connectivity index (χ1) is 14.2. The maximum Gasteiger partial charge on any atom is 0.417 e. The topological polar surface area (TPSA) is 80.3 Å². The van der Waals surface area contributed by atoms with Crippen LogP contribution in [0.4, 0.5) is 24.7 Å². The molecule has 0 radical (unpaired) electrons. The number of hydrogen-bond acceptors (Lipinski definition) is 6. The van der Waals surface area contributed by atoms with Crippen LogP contribution in [0.15, 0.2) is 36.7 Å². The number of rotatable bonds is 4. The summed E-state index contributed by atoms with van der Waals surface area (Å²) < 4.78 is 40.1. The van der Waals surface area contributed by atoms with Gasteiger partial charge in [0.1, 0.15) is 5.82 Å². The van der Waals surface area contributed by atoms with Gasteiger partial charge < -0.3 is 4.90 Å². The van der Waals surface area contributed by atoms with E-state index in [-0.39, 0.29) is 10.7 Å². The van der Waals surface area contributed by atoms with E-state index in [0.29, 0.717) is 44.1 Å². The van der Waals surface area contributed by atoms with Crippen LogP contribution in [0.3, 0.4) is 0 Å². The fourth-order valence-electron chi connectivity index (χ4n) is 3.41. The maximum absolute atomic E-state index is 12.8. The van der Waals surface area contributed by atoms with Crippen molar-refractivity contribution in [2.75, 3.05) is 31.1 Å². The lowest BCUT2D eigenvalue weighted by Gasteiger charge is -2.35. The summed E-state index contributed by atoms with van der Waals surface area (Å²) >= 11 is 6.04. The minimum Gasteiger partial charge on any atom is -0.353 e. The summed E-state index contributed by atoms with van der Waals surface area (Å²) in [6.45, 7) is 2.84. The van der Waals surface area contributed by atoms with Crippen molar-refractivity contribution in [1.82, 2.24) is 19.7 Å². The molecular weight excluding hydrogens is 425 g/mol. The predicted molar refractivity (Wildman–Crippen MR) is 104 cm³/mol. The molecule has 30 heavy (non-hydrogen) atoms. The molecule has 0 aliphatic carbocycles. The van der Waals surface area contributed by atoms with Crippen molar-refractivity contribution in [3.05, 3.63) is 57.4 Å². The van der Waals surface area contributed by atoms with Gasteiger partial charge in [0.25, 0.3) is 5.69 Å². The Balaban J connectivity index is 1.42. The zero-order chi connectivity index (χ0) is 21.5. The number of alkyl halides is 3. The summed E-state index contributed by atoms with van der Waals surface area (Å²) in [5, 5.41) is 15.9. The molecule has 0 unspecified atom stereocenters. The Morgan fingerprint density at radius 1 is 1.13 bits per heavy atom. The highest BCUT2D eigenvalue weighted by Gasteiger charge is 2.32. The molecule has 0 spiro atoms. The lowest BCUT2D eigenvalue weighted by Crippen LogP contribution is -2.47. The first-order valence-electron chi connectivity index (χ1n) is 9.02. The summed E-state index contributed by atoms with van der Waals surface area (Å²) in [5.74, 6) is 0.334. The Morgan fingerprint density at radius 3 is 2.50 bits per heavy atom. The Kier molecular flexibility index (Phi) is 5.24. The number of nitro benzene ring substituents is 1. The van der Waals surface area contributed by atoms with E-state index < -0.39 is 16.7 Å². The number of benzene rings is 1. The van der Waals surface area contributed by atoms with Gasteiger partial charge in [-0.3, -0.25) is 19.7 Å². The van der Waals surface area contributed by atoms with E-state index in [1.807, 2.05) is 4.90 Å². The van der Waals surface area contributed by atoms with Gasteiger partial charge in [-0.05, 0) is 12.1 Å². The molecule has 0 atom stereocenters. The van der Waals surface area contributed by atoms with E-state index in [9.17, 15) is 23.3 Å². The van der Waals surface area contributed by atoms with Crippen molar-refractivity contribution < 1.29 is 18.1 Å². The van der Waals surface area contributed by atoms with Gasteiger partial charge in [0.15, 0.2) is 0 Å². The van der Waals surface area contributed by atoms with Gasteiger partial charge >= 0.3 is 6.18 Å². The smallest absolute Gasteiger partial charge is 0.353 e. The van der Waals surface area contributed by atoms with E-state index in [0.717, 1.165) is 17.8 Å². The van der Waals surface area contributed by atoms with Crippen LogP contribution >= 0.6 is 11.6 Å². The summed E-state index contributed by atoms with van der Waals surface area (Å²) in [4.78, 5) is 18.3. The molecule has 3 heterocycles. The monoisotopic (exact) mass is 440 g/mol. The van der Waals surface area contributed by atoms with Crippen LogP contribution in [0.2, 0.25) is 5.02 Å². The third-order valence-electron chi connectivity index (χ3n) is 4.99. The zero-order valence-corrected chi connectivity index (χ0v) is 16.3. The van der Waals surface area contributed by atoms with Crippen LogP contribution < -0.4 is 4.90 Å². The summed E-state index contributed by atoms with van der Waals surface area (Å²) in [5.41, 5.74) is -0.0762. The average molecular weight is 441 g/mol. The number of nitrogens with zero attached hydrogens (tertiary/aromatic N) is 6. The second kappa shape index (κ2) is 7.73. The van der Waals surface area contributed by atoms with Gasteiger partial charge in [-0.15, -0.1) is 0 Å². The molecule has 2 aromatic heterocycles. The molecule has 158 valence electrons. The molecule has 1 aliphatic rings. The van der Waals surface area contributed by atoms with Crippen molar-refractivity contribution in [3.8, 4) is 0 Å². The molecule has 3 aromatic rings. The largest absolute Gasteiger partial charge is 0.417 e. The fourth-order valence-corrected chi connectivity index (χ4v) is 3.70. The minimum atomic E-state index is -4.49. The van der Waals surface area contributed by atoms with Gasteiger partial charge in [0, 0.05) is 49.9 Å². The quantitative estimate of drug-likeness (QED) is 0.453. The van der Waals surface area contributed by atoms with Crippen LogP contribution in [0.1, 0.15) is 5.56 Å². The SMILES string of the molecule is O=[N+]([O-])c1ccc2c(cnn2CN2CCN(c3ncc(C(F)(F)F)cc3Cl)CC2)c1. The molecule has 1 saturated heterocycles. The van der Waals surface area contributed by atoms with E-state index in [2.05, 4.69) is 15.0 Å². The number of nitro groups is 1. The third kappa shape index (κ3) is 4.03. The third-order valence-corrected chi connectivity index (χ3v) is 5.27. The number of fused-ring (bicyclic) bond motifs is 1. The Morgan fingerprint density at radius 2 is 1.87 bits per heavy atom. The highest BCUT2D eigenvalue weighted by atomic mass is 35.5. The number of pyridine rings is 1. The standard InChI is InChI=1S/C18H16ClF3N6O2/c19-15-8-13(18(20,21)22)10-23-17(15)26-5-3-25(4-6-26)11-27-16-2-1-14(28(29)30)7-12(16)9-24-27/h1-2,7-10H,3-6,11H2. The van der Waals surface area contributed by atoms with Crippen molar-refractivity contribution >= 4 is 34.0 Å². The molecule has 0 saturated carbocycles. The van der Waals surface area contributed by atoms with Crippen LogP contribution in [0.25, 0.3) is 10.9 Å². The van der Waals surface area contributed by atoms with E-state index in [4.69, 9.17) is 11.6 Å². The number of piperazine rings is 1. The van der Waals surface area contributed by atoms with Gasteiger partial charge in [-0.2, -0.15) is 18.3 Å². The second-order valence-electron chi connectivity index (χ2n) is 6.92. The molecular formula is C18H16ClF3N6O2. The number of aromatic nitrogens is 3. The van der Waals surface area contributed by atoms with Crippen LogP contribution in [-0.4, -0.2) is 50.8 Å². The molecule has 1 fully saturated rings. The summed E-state index contributed by atoms with van der Waals surface area (Å²) in [7, 11) is 0. The van der Waals surface area contributed by atoms with Gasteiger partial charge in [-0.25, -0.2) is 4.98 Å². The normalized spacial score (nSPS) is 15.7. The zero-order valence-electron chi connectivity index (χ0n) is 15.5. The van der Waals surface area contributed by atoms with Crippen LogP contribution in [-0.2, 0) is 12.8 Å². The lowest BCUT2D eigenvalue weighted by molar-refractivity contribution is -0.384. The number of hydrogen-bond donors (Lipinski definition) is 0.